The summed E-state index contributed by atoms with van der Waals surface area (Å²) in [5.41, 5.74) is -1.20. The van der Waals surface area contributed by atoms with Gasteiger partial charge in [0.1, 0.15) is 5.72 Å². The van der Waals surface area contributed by atoms with Crippen LogP contribution in [0.15, 0.2) is 0 Å². The molecule has 0 spiro atoms. The molecule has 4 nitrogen and oxygen atoms in total. The molecule has 3 unspecified atom stereocenters. The van der Waals surface area contributed by atoms with Crippen LogP contribution >= 0.6 is 0 Å². The van der Waals surface area contributed by atoms with E-state index in [1.807, 2.05) is 6.92 Å². The van der Waals surface area contributed by atoms with E-state index in [2.05, 4.69) is 17.6 Å². The highest BCUT2D eigenvalue weighted by atomic mass is 16.3. The van der Waals surface area contributed by atoms with Gasteiger partial charge in [0.15, 0.2) is 0 Å². The first-order chi connectivity index (χ1) is 5.91. The summed E-state index contributed by atoms with van der Waals surface area (Å²) in [6.45, 7) is 4.09. The van der Waals surface area contributed by atoms with Crippen molar-refractivity contribution in [2.24, 2.45) is 5.92 Å². The number of hydrogen-bond acceptors (Lipinski definition) is 2. The van der Waals surface area contributed by atoms with Crippen LogP contribution in [-0.2, 0) is 0 Å². The molecule has 2 amide bonds. The van der Waals surface area contributed by atoms with Gasteiger partial charge in [-0.2, -0.15) is 0 Å². The molecule has 2 fully saturated rings. The van der Waals surface area contributed by atoms with Crippen LogP contribution in [0.2, 0.25) is 0 Å². The quantitative estimate of drug-likeness (QED) is 0.515. The number of carbonyl (C=O) groups is 1. The third-order valence-electron chi connectivity index (χ3n) is 2.93. The minimum Gasteiger partial charge on any atom is -0.371 e. The number of urea groups is 1. The van der Waals surface area contributed by atoms with E-state index in [1.54, 1.807) is 0 Å². The van der Waals surface area contributed by atoms with Gasteiger partial charge in [0, 0.05) is 12.0 Å². The lowest BCUT2D eigenvalue weighted by atomic mass is 9.72. The Morgan fingerprint density at radius 3 is 2.77 bits per heavy atom. The van der Waals surface area contributed by atoms with E-state index in [4.69, 9.17) is 0 Å². The van der Waals surface area contributed by atoms with Crippen LogP contribution in [0.3, 0.4) is 0 Å². The molecule has 1 aliphatic carbocycles. The van der Waals surface area contributed by atoms with Gasteiger partial charge >= 0.3 is 6.03 Å². The molecule has 3 atom stereocenters. The van der Waals surface area contributed by atoms with Gasteiger partial charge in [0.25, 0.3) is 0 Å². The number of hydrogen-bond donors (Lipinski definition) is 3. The van der Waals surface area contributed by atoms with Crippen LogP contribution < -0.4 is 10.6 Å². The average Bonchev–Trinajstić information content (AvgIpc) is 1.75. The Morgan fingerprint density at radius 1 is 1.46 bits per heavy atom. The summed E-state index contributed by atoms with van der Waals surface area (Å²) >= 11 is 0. The average molecular weight is 184 g/mol. The van der Waals surface area contributed by atoms with Crippen molar-refractivity contribution in [3.8, 4) is 0 Å². The van der Waals surface area contributed by atoms with Crippen molar-refractivity contribution in [3.63, 3.8) is 0 Å². The lowest BCUT2D eigenvalue weighted by molar-refractivity contribution is -0.0760. The van der Waals surface area contributed by atoms with E-state index in [1.165, 1.54) is 0 Å². The first-order valence-corrected chi connectivity index (χ1v) is 4.74. The number of aliphatic hydroxyl groups is 1. The third kappa shape index (κ3) is 1.50. The van der Waals surface area contributed by atoms with Crippen molar-refractivity contribution < 1.29 is 9.90 Å². The molecular formula is C9H16N2O2. The van der Waals surface area contributed by atoms with Gasteiger partial charge in [0.2, 0.25) is 0 Å². The zero-order valence-corrected chi connectivity index (χ0v) is 8.05. The number of amides is 2. The van der Waals surface area contributed by atoms with E-state index >= 15 is 0 Å². The molecule has 1 saturated heterocycles. The lowest BCUT2D eigenvalue weighted by Crippen LogP contribution is -2.70. The summed E-state index contributed by atoms with van der Waals surface area (Å²) in [6.07, 6.45) is 2.22. The molecule has 1 heterocycles. The molecule has 1 aliphatic heterocycles. The summed E-state index contributed by atoms with van der Waals surface area (Å²) in [5.74, 6) is 0.442. The fourth-order valence-electron chi connectivity index (χ4n) is 2.91. The Hall–Kier alpha value is -0.770. The van der Waals surface area contributed by atoms with Gasteiger partial charge in [-0.1, -0.05) is 6.92 Å². The maximum absolute atomic E-state index is 11.2. The standard InChI is InChI=1S/C9H16N2O2/c1-6-3-8(2)5-9(13,4-6)11-7(12)10-8/h6,13H,3-5H2,1-2H3,(H2,10,11,12). The van der Waals surface area contributed by atoms with Crippen molar-refractivity contribution in [2.75, 3.05) is 0 Å². The van der Waals surface area contributed by atoms with Crippen molar-refractivity contribution in [2.45, 2.75) is 44.4 Å². The summed E-state index contributed by atoms with van der Waals surface area (Å²) in [5, 5.41) is 15.5. The van der Waals surface area contributed by atoms with E-state index in [9.17, 15) is 9.90 Å². The molecule has 3 N–H and O–H groups in total. The van der Waals surface area contributed by atoms with Crippen molar-refractivity contribution in [1.29, 1.82) is 0 Å². The number of rotatable bonds is 0. The molecular weight excluding hydrogens is 168 g/mol. The summed E-state index contributed by atoms with van der Waals surface area (Å²) < 4.78 is 0. The van der Waals surface area contributed by atoms with Crippen LogP contribution in [0.1, 0.15) is 33.1 Å². The molecule has 0 aromatic carbocycles. The van der Waals surface area contributed by atoms with Crippen molar-refractivity contribution in [1.82, 2.24) is 10.6 Å². The lowest BCUT2D eigenvalue weighted by Gasteiger charge is -2.50. The summed E-state index contributed by atoms with van der Waals surface area (Å²) in [4.78, 5) is 11.2. The van der Waals surface area contributed by atoms with Gasteiger partial charge in [-0.3, -0.25) is 0 Å². The second kappa shape index (κ2) is 2.38. The van der Waals surface area contributed by atoms with Gasteiger partial charge in [0.05, 0.1) is 0 Å². The van der Waals surface area contributed by atoms with Gasteiger partial charge < -0.3 is 15.7 Å². The highest BCUT2D eigenvalue weighted by Gasteiger charge is 2.49. The molecule has 0 aromatic rings. The predicted octanol–water partition coefficient (Wildman–Crippen LogP) is 0.567. The molecule has 2 bridgehead atoms. The van der Waals surface area contributed by atoms with Gasteiger partial charge in [-0.15, -0.1) is 0 Å². The van der Waals surface area contributed by atoms with E-state index in [0.717, 1.165) is 6.42 Å². The third-order valence-corrected chi connectivity index (χ3v) is 2.93. The van der Waals surface area contributed by atoms with Crippen molar-refractivity contribution >= 4 is 6.03 Å². The predicted molar refractivity (Wildman–Crippen MR) is 48.0 cm³/mol. The molecule has 1 saturated carbocycles. The fourth-order valence-corrected chi connectivity index (χ4v) is 2.91. The van der Waals surface area contributed by atoms with Crippen LogP contribution in [0, 0.1) is 5.92 Å². The highest BCUT2D eigenvalue weighted by Crippen LogP contribution is 2.39. The molecule has 0 radical (unpaired) electrons. The zero-order valence-electron chi connectivity index (χ0n) is 8.05. The molecule has 2 aliphatic rings. The SMILES string of the molecule is CC1CC2(C)CC(O)(C1)NC(=O)N2. The molecule has 4 heteroatoms. The summed E-state index contributed by atoms with van der Waals surface area (Å²) in [6, 6.07) is -0.247. The van der Waals surface area contributed by atoms with Gasteiger partial charge in [-0.05, 0) is 25.7 Å². The smallest absolute Gasteiger partial charge is 0.317 e. The first kappa shape index (κ1) is 8.81. The molecule has 74 valence electrons. The Kier molecular flexibility index (Phi) is 1.61. The minimum atomic E-state index is -0.977. The zero-order chi connectivity index (χ0) is 9.69. The summed E-state index contributed by atoms with van der Waals surface area (Å²) in [7, 11) is 0. The van der Waals surface area contributed by atoms with E-state index < -0.39 is 5.72 Å². The number of fused-ring (bicyclic) bond motifs is 2. The van der Waals surface area contributed by atoms with Crippen LogP contribution in [-0.4, -0.2) is 22.4 Å². The van der Waals surface area contributed by atoms with E-state index in [0.29, 0.717) is 18.8 Å². The van der Waals surface area contributed by atoms with Crippen LogP contribution in [0.25, 0.3) is 0 Å². The highest BCUT2D eigenvalue weighted by molar-refractivity contribution is 5.76. The molecule has 13 heavy (non-hydrogen) atoms. The van der Waals surface area contributed by atoms with Crippen LogP contribution in [0.5, 0.6) is 0 Å². The second-order valence-corrected chi connectivity index (χ2v) is 4.86. The Morgan fingerprint density at radius 2 is 2.15 bits per heavy atom. The Labute approximate surface area is 77.7 Å². The fraction of sp³-hybridized carbons (Fsp3) is 0.889. The number of nitrogens with one attached hydrogen (secondary N) is 2. The monoisotopic (exact) mass is 184 g/mol. The maximum Gasteiger partial charge on any atom is 0.317 e. The largest absolute Gasteiger partial charge is 0.371 e. The second-order valence-electron chi connectivity index (χ2n) is 4.86. The van der Waals surface area contributed by atoms with Crippen molar-refractivity contribution in [3.05, 3.63) is 0 Å². The minimum absolute atomic E-state index is 0.227. The van der Waals surface area contributed by atoms with Gasteiger partial charge in [-0.25, -0.2) is 4.79 Å². The molecule has 2 rings (SSSR count). The maximum atomic E-state index is 11.2. The molecule has 0 aromatic heterocycles. The van der Waals surface area contributed by atoms with Crippen LogP contribution in [0.4, 0.5) is 4.79 Å². The van der Waals surface area contributed by atoms with E-state index in [-0.39, 0.29) is 11.6 Å². The Balaban J connectivity index is 2.26. The topological polar surface area (TPSA) is 61.4 Å². The number of carbonyl (C=O) groups excluding carboxylic acids is 1. The first-order valence-electron chi connectivity index (χ1n) is 4.74. The normalized spacial score (nSPS) is 49.5. The Bertz CT molecular complexity index is 234.